The molecule has 21 heavy (non-hydrogen) atoms. The molecule has 1 N–H and O–H groups in total. The number of amides is 2. The van der Waals surface area contributed by atoms with Gasteiger partial charge in [-0.25, -0.2) is 4.79 Å². The maximum absolute atomic E-state index is 12.6. The molecule has 0 saturated carbocycles. The Morgan fingerprint density at radius 2 is 1.52 bits per heavy atom. The number of hydrogen-bond donors (Lipinski definition) is 1. The first kappa shape index (κ1) is 16.1. The van der Waals surface area contributed by atoms with E-state index in [2.05, 4.69) is 25.8 Å². The number of piperidine rings is 1. The van der Waals surface area contributed by atoms with Gasteiger partial charge in [0.05, 0.1) is 5.41 Å². The highest BCUT2D eigenvalue weighted by atomic mass is 16.4. The van der Waals surface area contributed by atoms with E-state index in [0.717, 1.165) is 13.1 Å². The highest BCUT2D eigenvalue weighted by Gasteiger charge is 2.40. The molecule has 2 atom stereocenters. The van der Waals surface area contributed by atoms with Gasteiger partial charge in [-0.3, -0.25) is 9.69 Å². The normalized spacial score (nSPS) is 30.3. The lowest BCUT2D eigenvalue weighted by Crippen LogP contribution is -2.60. The van der Waals surface area contributed by atoms with E-state index in [0.29, 0.717) is 38.0 Å². The highest BCUT2D eigenvalue weighted by molar-refractivity contribution is 5.77. The summed E-state index contributed by atoms with van der Waals surface area (Å²) in [6, 6.07) is 0.771. The van der Waals surface area contributed by atoms with Gasteiger partial charge in [0.15, 0.2) is 0 Å². The number of carbonyl (C=O) groups excluding carboxylic acids is 1. The Balaban J connectivity index is 1.95. The molecule has 2 heterocycles. The zero-order valence-electron chi connectivity index (χ0n) is 13.5. The van der Waals surface area contributed by atoms with Crippen LogP contribution in [0.15, 0.2) is 0 Å². The van der Waals surface area contributed by atoms with Gasteiger partial charge in [0, 0.05) is 38.3 Å². The molecule has 2 rings (SSSR count). The van der Waals surface area contributed by atoms with Crippen molar-refractivity contribution >= 4 is 12.0 Å². The molecular formula is C15H27N3O3. The first-order chi connectivity index (χ1) is 9.74. The van der Waals surface area contributed by atoms with Crippen LogP contribution in [-0.4, -0.2) is 77.1 Å². The minimum absolute atomic E-state index is 0.0641. The Morgan fingerprint density at radius 3 is 1.95 bits per heavy atom. The van der Waals surface area contributed by atoms with E-state index in [9.17, 15) is 14.7 Å². The largest absolute Gasteiger partial charge is 0.481 e. The van der Waals surface area contributed by atoms with Crippen LogP contribution in [0.25, 0.3) is 0 Å². The average Bonchev–Trinajstić information content (AvgIpc) is 2.44. The predicted molar refractivity (Wildman–Crippen MR) is 80.2 cm³/mol. The lowest BCUT2D eigenvalue weighted by atomic mass is 9.80. The highest BCUT2D eigenvalue weighted by Crippen LogP contribution is 2.31. The molecule has 2 amide bonds. The van der Waals surface area contributed by atoms with Crippen molar-refractivity contribution < 1.29 is 14.7 Å². The molecule has 2 aliphatic heterocycles. The fourth-order valence-electron chi connectivity index (χ4n) is 3.17. The number of carbonyl (C=O) groups is 2. The lowest BCUT2D eigenvalue weighted by Gasteiger charge is -2.45. The fraction of sp³-hybridized carbons (Fsp3) is 0.867. The average molecular weight is 297 g/mol. The molecule has 6 nitrogen and oxygen atoms in total. The van der Waals surface area contributed by atoms with E-state index in [4.69, 9.17) is 0 Å². The molecule has 0 radical (unpaired) electrons. The van der Waals surface area contributed by atoms with Crippen LogP contribution in [0.3, 0.4) is 0 Å². The molecule has 6 heteroatoms. The maximum Gasteiger partial charge on any atom is 0.320 e. The van der Waals surface area contributed by atoms with Crippen LogP contribution < -0.4 is 0 Å². The predicted octanol–water partition coefficient (Wildman–Crippen LogP) is 1.32. The summed E-state index contributed by atoms with van der Waals surface area (Å²) < 4.78 is 0. The van der Waals surface area contributed by atoms with Gasteiger partial charge >= 0.3 is 12.0 Å². The number of rotatable bonds is 1. The number of hydrogen-bond acceptors (Lipinski definition) is 3. The van der Waals surface area contributed by atoms with Crippen LogP contribution in [0.5, 0.6) is 0 Å². The van der Waals surface area contributed by atoms with Crippen LogP contribution in [-0.2, 0) is 4.79 Å². The number of carboxylic acid groups (broad SMARTS) is 1. The number of piperazine rings is 1. The van der Waals surface area contributed by atoms with E-state index in [1.165, 1.54) is 0 Å². The van der Waals surface area contributed by atoms with E-state index in [-0.39, 0.29) is 6.03 Å². The van der Waals surface area contributed by atoms with Gasteiger partial charge in [0.25, 0.3) is 0 Å². The van der Waals surface area contributed by atoms with Gasteiger partial charge < -0.3 is 14.9 Å². The van der Waals surface area contributed by atoms with Gasteiger partial charge in [-0.05, 0) is 40.7 Å². The van der Waals surface area contributed by atoms with Crippen molar-refractivity contribution in [2.75, 3.05) is 33.2 Å². The Labute approximate surface area is 126 Å². The Kier molecular flexibility index (Phi) is 4.46. The van der Waals surface area contributed by atoms with Crippen molar-refractivity contribution in [3.8, 4) is 0 Å². The first-order valence-corrected chi connectivity index (χ1v) is 7.74. The van der Waals surface area contributed by atoms with Crippen LogP contribution >= 0.6 is 0 Å². The number of urea groups is 1. The summed E-state index contributed by atoms with van der Waals surface area (Å²) in [5.74, 6) is -0.753. The monoisotopic (exact) mass is 297 g/mol. The second-order valence-electron chi connectivity index (χ2n) is 6.90. The molecule has 0 aromatic heterocycles. The van der Waals surface area contributed by atoms with Crippen molar-refractivity contribution in [1.29, 1.82) is 0 Å². The summed E-state index contributed by atoms with van der Waals surface area (Å²) in [6.07, 6.45) is 1.07. The Morgan fingerprint density at radius 1 is 1.05 bits per heavy atom. The fourth-order valence-corrected chi connectivity index (χ4v) is 3.17. The molecule has 2 saturated heterocycles. The van der Waals surface area contributed by atoms with E-state index in [1.807, 2.05) is 9.80 Å². The Hall–Kier alpha value is -1.30. The number of likely N-dealkylation sites (N-methyl/N-ethyl adjacent to an activating group) is 1. The molecule has 0 aromatic carbocycles. The van der Waals surface area contributed by atoms with E-state index < -0.39 is 11.4 Å². The van der Waals surface area contributed by atoms with Crippen LogP contribution in [0.4, 0.5) is 4.79 Å². The summed E-state index contributed by atoms with van der Waals surface area (Å²) in [5, 5.41) is 9.25. The SMILES string of the molecule is CC1CN(C(=O)N2CCC(C)(C(=O)O)CC2)CC(C)N1C. The standard InChI is InChI=1S/C15H27N3O3/c1-11-9-18(10-12(2)16(11)4)14(21)17-7-5-15(3,6-8-17)13(19)20/h11-12H,5-10H2,1-4H3,(H,19,20). The molecule has 2 aliphatic rings. The zero-order valence-corrected chi connectivity index (χ0v) is 13.5. The van der Waals surface area contributed by atoms with Crippen LogP contribution in [0.1, 0.15) is 33.6 Å². The third-order valence-corrected chi connectivity index (χ3v) is 5.28. The first-order valence-electron chi connectivity index (χ1n) is 7.74. The maximum atomic E-state index is 12.6. The summed E-state index contributed by atoms with van der Waals surface area (Å²) in [4.78, 5) is 29.9. The number of aliphatic carboxylic acids is 1. The minimum atomic E-state index is -0.753. The number of nitrogens with zero attached hydrogens (tertiary/aromatic N) is 3. The van der Waals surface area contributed by atoms with E-state index in [1.54, 1.807) is 6.92 Å². The van der Waals surface area contributed by atoms with Crippen molar-refractivity contribution in [3.63, 3.8) is 0 Å². The molecule has 120 valence electrons. The number of likely N-dealkylation sites (tertiary alicyclic amines) is 1. The summed E-state index contributed by atoms with van der Waals surface area (Å²) in [6.45, 7) is 8.60. The smallest absolute Gasteiger partial charge is 0.320 e. The molecule has 2 unspecified atom stereocenters. The zero-order chi connectivity index (χ0) is 15.8. The van der Waals surface area contributed by atoms with Crippen molar-refractivity contribution in [1.82, 2.24) is 14.7 Å². The molecule has 2 fully saturated rings. The second kappa shape index (κ2) is 5.83. The summed E-state index contributed by atoms with van der Waals surface area (Å²) in [5.41, 5.74) is -0.681. The molecule has 0 aromatic rings. The van der Waals surface area contributed by atoms with Crippen LogP contribution in [0, 0.1) is 5.41 Å². The lowest BCUT2D eigenvalue weighted by molar-refractivity contribution is -0.150. The van der Waals surface area contributed by atoms with E-state index >= 15 is 0 Å². The van der Waals surface area contributed by atoms with Crippen molar-refractivity contribution in [3.05, 3.63) is 0 Å². The third-order valence-electron chi connectivity index (χ3n) is 5.28. The van der Waals surface area contributed by atoms with Gasteiger partial charge in [-0.2, -0.15) is 0 Å². The van der Waals surface area contributed by atoms with Crippen LogP contribution in [0.2, 0.25) is 0 Å². The minimum Gasteiger partial charge on any atom is -0.481 e. The van der Waals surface area contributed by atoms with Crippen molar-refractivity contribution in [2.24, 2.45) is 5.41 Å². The van der Waals surface area contributed by atoms with Gasteiger partial charge in [0.1, 0.15) is 0 Å². The summed E-state index contributed by atoms with van der Waals surface area (Å²) in [7, 11) is 2.09. The summed E-state index contributed by atoms with van der Waals surface area (Å²) >= 11 is 0. The van der Waals surface area contributed by atoms with Gasteiger partial charge in [-0.15, -0.1) is 0 Å². The van der Waals surface area contributed by atoms with Crippen molar-refractivity contribution in [2.45, 2.75) is 45.7 Å². The molecule has 0 aliphatic carbocycles. The van der Waals surface area contributed by atoms with Gasteiger partial charge in [0.2, 0.25) is 0 Å². The topological polar surface area (TPSA) is 64.1 Å². The van der Waals surface area contributed by atoms with Gasteiger partial charge in [-0.1, -0.05) is 0 Å². The Bertz CT molecular complexity index is 406. The molecule has 0 bridgehead atoms. The second-order valence-corrected chi connectivity index (χ2v) is 6.90. The quantitative estimate of drug-likeness (QED) is 0.793. The number of carboxylic acids is 1. The molecule has 0 spiro atoms. The third kappa shape index (κ3) is 3.15. The molecular weight excluding hydrogens is 270 g/mol.